The van der Waals surface area contributed by atoms with E-state index in [-0.39, 0.29) is 0 Å². The van der Waals surface area contributed by atoms with Gasteiger partial charge in [0.25, 0.3) is 0 Å². The Kier molecular flexibility index (Phi) is 6.41. The van der Waals surface area contributed by atoms with Crippen molar-refractivity contribution in [3.05, 3.63) is 49.2 Å². The summed E-state index contributed by atoms with van der Waals surface area (Å²) in [5.74, 6) is 1.84. The first-order valence-electron chi connectivity index (χ1n) is 11.6. The first kappa shape index (κ1) is 21.9. The highest BCUT2D eigenvalue weighted by molar-refractivity contribution is 6.31. The molecule has 0 aliphatic heterocycles. The maximum atomic E-state index is 7.02. The summed E-state index contributed by atoms with van der Waals surface area (Å²) in [6, 6.07) is 8.22. The maximum absolute atomic E-state index is 7.02. The first-order chi connectivity index (χ1) is 16.7. The lowest BCUT2D eigenvalue weighted by Crippen LogP contribution is -2.19. The normalized spacial score (nSPS) is 17.9. The van der Waals surface area contributed by atoms with Crippen LogP contribution in [-0.4, -0.2) is 49.8 Å². The van der Waals surface area contributed by atoms with E-state index in [1.807, 2.05) is 52.8 Å². The lowest BCUT2D eigenvalue weighted by molar-refractivity contribution is 0.322. The van der Waals surface area contributed by atoms with Crippen LogP contribution in [0.4, 0.5) is 11.6 Å². The second kappa shape index (κ2) is 9.94. The minimum atomic E-state index is 0.372. The van der Waals surface area contributed by atoms with Crippen LogP contribution >= 0.6 is 0 Å². The molecule has 1 aliphatic rings. The van der Waals surface area contributed by atoms with Crippen LogP contribution < -0.4 is 10.1 Å². The second-order valence-corrected chi connectivity index (χ2v) is 8.40. The van der Waals surface area contributed by atoms with Crippen LogP contribution in [0.5, 0.6) is 5.75 Å². The fraction of sp³-hybridized carbons (Fsp3) is 0.348. The van der Waals surface area contributed by atoms with E-state index in [0.29, 0.717) is 31.9 Å². The lowest BCUT2D eigenvalue weighted by atomic mass is 9.69. The summed E-state index contributed by atoms with van der Waals surface area (Å²) >= 11 is 0. The number of anilines is 2. The number of nitrogens with one attached hydrogen (secondary N) is 2. The molecule has 3 heterocycles. The molecule has 0 saturated heterocycles. The van der Waals surface area contributed by atoms with Gasteiger partial charge in [-0.15, -0.1) is 0 Å². The summed E-state index contributed by atoms with van der Waals surface area (Å²) in [6.45, 7) is 2.60. The smallest absolute Gasteiger partial charge is 0.344 e. The molecule has 0 amide bonds. The fourth-order valence-corrected chi connectivity index (χ4v) is 4.42. The Morgan fingerprint density at radius 2 is 1.97 bits per heavy atom. The molecular weight excluding hydrogens is 431 g/mol. The Morgan fingerprint density at radius 3 is 2.74 bits per heavy atom. The van der Waals surface area contributed by atoms with Crippen LogP contribution in [-0.2, 0) is 4.65 Å². The largest absolute Gasteiger partial charge is 0.557 e. The average molecular weight is 458 g/mol. The molecule has 5 rings (SSSR count). The van der Waals surface area contributed by atoms with Crippen LogP contribution in [0, 0.1) is 5.41 Å². The molecule has 0 atom stereocenters. The van der Waals surface area contributed by atoms with E-state index in [1.165, 1.54) is 0 Å². The van der Waals surface area contributed by atoms with Crippen molar-refractivity contribution in [2.45, 2.75) is 44.5 Å². The van der Waals surface area contributed by atoms with Crippen molar-refractivity contribution >= 4 is 36.7 Å². The van der Waals surface area contributed by atoms with E-state index in [2.05, 4.69) is 20.4 Å². The number of aromatic nitrogens is 6. The van der Waals surface area contributed by atoms with Crippen molar-refractivity contribution in [1.29, 1.82) is 5.41 Å². The Bertz CT molecular complexity index is 1250. The summed E-state index contributed by atoms with van der Waals surface area (Å²) < 4.78 is 14.6. The van der Waals surface area contributed by atoms with Crippen molar-refractivity contribution in [3.8, 4) is 11.4 Å². The van der Waals surface area contributed by atoms with Gasteiger partial charge in [-0.2, -0.15) is 10.1 Å². The third-order valence-electron chi connectivity index (χ3n) is 6.18. The van der Waals surface area contributed by atoms with Gasteiger partial charge in [0.15, 0.2) is 5.65 Å². The Morgan fingerprint density at radius 1 is 1.15 bits per heavy atom. The third-order valence-corrected chi connectivity index (χ3v) is 6.18. The molecular formula is C23H27BN8O2. The second-order valence-electron chi connectivity index (χ2n) is 8.40. The zero-order valence-electron chi connectivity index (χ0n) is 19.1. The topological polar surface area (TPSA) is 116 Å². The number of hydrogen-bond acceptors (Lipinski definition) is 8. The monoisotopic (exact) mass is 458 g/mol. The predicted molar refractivity (Wildman–Crippen MR) is 132 cm³/mol. The first-order valence-corrected chi connectivity index (χ1v) is 11.6. The van der Waals surface area contributed by atoms with E-state index in [0.717, 1.165) is 60.4 Å². The van der Waals surface area contributed by atoms with E-state index in [9.17, 15) is 0 Å². The summed E-state index contributed by atoms with van der Waals surface area (Å²) in [5, 5.41) is 14.9. The molecule has 10 nitrogen and oxygen atoms in total. The number of hydrogen-bond donors (Lipinski definition) is 2. The third kappa shape index (κ3) is 4.73. The van der Waals surface area contributed by atoms with Gasteiger partial charge in [0.2, 0.25) is 5.95 Å². The van der Waals surface area contributed by atoms with Gasteiger partial charge in [0.05, 0.1) is 30.7 Å². The van der Waals surface area contributed by atoms with Crippen LogP contribution in [0.1, 0.15) is 38.6 Å². The molecule has 11 heteroatoms. The van der Waals surface area contributed by atoms with Crippen molar-refractivity contribution in [2.24, 2.45) is 0 Å². The van der Waals surface area contributed by atoms with Crippen LogP contribution in [0.2, 0.25) is 5.82 Å². The molecule has 0 unspecified atom stereocenters. The molecule has 0 bridgehead atoms. The quantitative estimate of drug-likeness (QED) is 0.221. The van der Waals surface area contributed by atoms with Crippen molar-refractivity contribution in [1.82, 2.24) is 29.3 Å². The van der Waals surface area contributed by atoms with Gasteiger partial charge in [-0.05, 0) is 49.8 Å². The molecule has 1 fully saturated rings. The van der Waals surface area contributed by atoms with E-state index in [1.54, 1.807) is 12.5 Å². The van der Waals surface area contributed by atoms with Crippen LogP contribution in [0.15, 0.2) is 49.2 Å². The van der Waals surface area contributed by atoms with Gasteiger partial charge in [0, 0.05) is 11.9 Å². The summed E-state index contributed by atoms with van der Waals surface area (Å²) in [7, 11) is 0.634. The highest BCUT2D eigenvalue weighted by atomic mass is 16.5. The Labute approximate surface area is 198 Å². The molecule has 3 aromatic heterocycles. The number of benzene rings is 1. The predicted octanol–water partition coefficient (Wildman–Crippen LogP) is 4.03. The Balaban J connectivity index is 1.28. The molecule has 1 saturated carbocycles. The molecule has 2 N–H and O–H groups in total. The highest BCUT2D eigenvalue weighted by Crippen LogP contribution is 2.35. The number of imidazole rings is 1. The van der Waals surface area contributed by atoms with Gasteiger partial charge in [-0.25, -0.2) is 9.97 Å². The van der Waals surface area contributed by atoms with Gasteiger partial charge >= 0.3 is 7.48 Å². The van der Waals surface area contributed by atoms with Crippen molar-refractivity contribution in [2.75, 3.05) is 11.9 Å². The molecule has 0 spiro atoms. The molecule has 1 aliphatic carbocycles. The van der Waals surface area contributed by atoms with Crippen LogP contribution in [0.3, 0.4) is 0 Å². The highest BCUT2D eigenvalue weighted by Gasteiger charge is 2.24. The number of ether oxygens (including phenoxy) is 1. The van der Waals surface area contributed by atoms with Crippen molar-refractivity contribution in [3.63, 3.8) is 0 Å². The minimum Gasteiger partial charge on any atom is -0.557 e. The van der Waals surface area contributed by atoms with Crippen LogP contribution in [0.25, 0.3) is 16.9 Å². The fourth-order valence-electron chi connectivity index (χ4n) is 4.42. The van der Waals surface area contributed by atoms with Gasteiger partial charge in [-0.3, -0.25) is 14.7 Å². The van der Waals surface area contributed by atoms with E-state index < -0.39 is 0 Å². The summed E-state index contributed by atoms with van der Waals surface area (Å²) in [5.41, 5.74) is 3.24. The SMILES string of the molecule is CCOc1ccc(-n2cnc3cnc(Nc4cnn(C5CCC(BOC=N)CC5)c4)nc32)cc1. The molecule has 174 valence electrons. The zero-order chi connectivity index (χ0) is 23.3. The van der Waals surface area contributed by atoms with Gasteiger partial charge < -0.3 is 14.7 Å². The molecule has 4 aromatic rings. The standard InChI is InChI=1S/C23H27BN8O2/c1-2-33-20-9-7-18(8-10-20)31-15-27-21-12-26-23(30-22(21)31)29-17-11-28-32(13-17)19-5-3-16(4-6-19)24-34-14-25/h7-16,19,24-25H,2-6H2,1H3,(H,26,29,30). The van der Waals surface area contributed by atoms with Crippen molar-refractivity contribution < 1.29 is 9.39 Å². The Hall–Kier alpha value is -3.89. The van der Waals surface area contributed by atoms with Gasteiger partial charge in [-0.1, -0.05) is 12.8 Å². The number of rotatable bonds is 9. The number of nitrogens with zero attached hydrogens (tertiary/aromatic N) is 6. The number of fused-ring (bicyclic) bond motifs is 1. The summed E-state index contributed by atoms with van der Waals surface area (Å²) in [6.07, 6.45) is 12.6. The molecule has 1 aromatic carbocycles. The van der Waals surface area contributed by atoms with E-state index >= 15 is 0 Å². The lowest BCUT2D eigenvalue weighted by Gasteiger charge is -2.27. The average Bonchev–Trinajstić information content (AvgIpc) is 3.51. The molecule has 34 heavy (non-hydrogen) atoms. The minimum absolute atomic E-state index is 0.372. The zero-order valence-corrected chi connectivity index (χ0v) is 19.1. The summed E-state index contributed by atoms with van der Waals surface area (Å²) in [4.78, 5) is 13.6. The van der Waals surface area contributed by atoms with Gasteiger partial charge in [0.1, 0.15) is 24.0 Å². The molecule has 0 radical (unpaired) electrons. The maximum Gasteiger partial charge on any atom is 0.344 e. The van der Waals surface area contributed by atoms with E-state index in [4.69, 9.17) is 19.8 Å².